The third kappa shape index (κ3) is 2.19. The Morgan fingerprint density at radius 3 is 2.32 bits per heavy atom. The SMILES string of the molecule is Cc1ccc(-n2cc(C(=O)[O-])c3ccccc3c2=O)cc1C. The number of aryl methyl sites for hydroxylation is 2. The summed E-state index contributed by atoms with van der Waals surface area (Å²) >= 11 is 0. The van der Waals surface area contributed by atoms with Crippen molar-refractivity contribution in [2.45, 2.75) is 13.8 Å². The first-order valence-corrected chi connectivity index (χ1v) is 6.92. The quantitative estimate of drug-likeness (QED) is 0.725. The lowest BCUT2D eigenvalue weighted by Gasteiger charge is -2.14. The van der Waals surface area contributed by atoms with E-state index < -0.39 is 5.97 Å². The molecule has 0 N–H and O–H groups in total. The number of carbonyl (C=O) groups excluding carboxylic acids is 1. The van der Waals surface area contributed by atoms with E-state index in [2.05, 4.69) is 0 Å². The van der Waals surface area contributed by atoms with Gasteiger partial charge in [-0.3, -0.25) is 9.36 Å². The second kappa shape index (κ2) is 5.15. The summed E-state index contributed by atoms with van der Waals surface area (Å²) in [6, 6.07) is 12.2. The van der Waals surface area contributed by atoms with Crippen molar-refractivity contribution in [3.63, 3.8) is 0 Å². The van der Waals surface area contributed by atoms with E-state index in [1.807, 2.05) is 26.0 Å². The molecule has 0 aliphatic carbocycles. The first-order valence-electron chi connectivity index (χ1n) is 6.92. The van der Waals surface area contributed by atoms with Gasteiger partial charge in [0.05, 0.1) is 5.97 Å². The maximum atomic E-state index is 12.6. The molecule has 0 radical (unpaired) electrons. The third-order valence-electron chi connectivity index (χ3n) is 3.91. The summed E-state index contributed by atoms with van der Waals surface area (Å²) in [4.78, 5) is 24.1. The molecule has 110 valence electrons. The van der Waals surface area contributed by atoms with Gasteiger partial charge in [-0.1, -0.05) is 24.3 Å². The monoisotopic (exact) mass is 292 g/mol. The summed E-state index contributed by atoms with van der Waals surface area (Å²) in [6.07, 6.45) is 1.34. The molecular weight excluding hydrogens is 278 g/mol. The van der Waals surface area contributed by atoms with Crippen LogP contribution in [0.4, 0.5) is 0 Å². The van der Waals surface area contributed by atoms with E-state index in [4.69, 9.17) is 0 Å². The third-order valence-corrected chi connectivity index (χ3v) is 3.91. The predicted octanol–water partition coefficient (Wildman–Crippen LogP) is 1.97. The topological polar surface area (TPSA) is 62.1 Å². The highest BCUT2D eigenvalue weighted by Crippen LogP contribution is 2.18. The number of aromatic nitrogens is 1. The Kier molecular flexibility index (Phi) is 3.29. The second-order valence-electron chi connectivity index (χ2n) is 5.32. The van der Waals surface area contributed by atoms with Gasteiger partial charge in [-0.05, 0) is 48.6 Å². The van der Waals surface area contributed by atoms with Crippen LogP contribution in [0.1, 0.15) is 21.5 Å². The van der Waals surface area contributed by atoms with Crippen molar-refractivity contribution in [2.75, 3.05) is 0 Å². The normalized spacial score (nSPS) is 10.8. The number of carbonyl (C=O) groups is 1. The summed E-state index contributed by atoms with van der Waals surface area (Å²) in [7, 11) is 0. The van der Waals surface area contributed by atoms with Gasteiger partial charge in [0.1, 0.15) is 0 Å². The molecule has 4 nitrogen and oxygen atoms in total. The van der Waals surface area contributed by atoms with Gasteiger partial charge >= 0.3 is 0 Å². The van der Waals surface area contributed by atoms with Crippen LogP contribution in [-0.4, -0.2) is 10.5 Å². The molecule has 0 aliphatic rings. The molecule has 3 rings (SSSR count). The number of carboxylic acid groups (broad SMARTS) is 1. The predicted molar refractivity (Wildman–Crippen MR) is 83.3 cm³/mol. The molecule has 0 bridgehead atoms. The van der Waals surface area contributed by atoms with E-state index >= 15 is 0 Å². The number of pyridine rings is 1. The molecule has 2 aromatic carbocycles. The molecule has 0 spiro atoms. The Hall–Kier alpha value is -2.88. The fourth-order valence-corrected chi connectivity index (χ4v) is 2.52. The molecule has 0 unspecified atom stereocenters. The van der Waals surface area contributed by atoms with Gasteiger partial charge in [-0.2, -0.15) is 0 Å². The molecule has 0 fully saturated rings. The lowest BCUT2D eigenvalue weighted by atomic mass is 10.1. The highest BCUT2D eigenvalue weighted by atomic mass is 16.4. The van der Waals surface area contributed by atoms with E-state index in [0.717, 1.165) is 11.1 Å². The highest BCUT2D eigenvalue weighted by molar-refractivity contribution is 6.02. The molecule has 1 aromatic heterocycles. The minimum atomic E-state index is -1.30. The lowest BCUT2D eigenvalue weighted by Crippen LogP contribution is -2.27. The van der Waals surface area contributed by atoms with Gasteiger partial charge in [-0.15, -0.1) is 0 Å². The van der Waals surface area contributed by atoms with Gasteiger partial charge in [0.15, 0.2) is 0 Å². The Morgan fingerprint density at radius 2 is 1.68 bits per heavy atom. The first kappa shape index (κ1) is 14.1. The van der Waals surface area contributed by atoms with Crippen molar-refractivity contribution < 1.29 is 9.90 Å². The lowest BCUT2D eigenvalue weighted by molar-refractivity contribution is -0.254. The average Bonchev–Trinajstić information content (AvgIpc) is 2.50. The van der Waals surface area contributed by atoms with Crippen molar-refractivity contribution in [3.8, 4) is 5.69 Å². The van der Waals surface area contributed by atoms with E-state index in [0.29, 0.717) is 16.5 Å². The smallest absolute Gasteiger partial charge is 0.262 e. The summed E-state index contributed by atoms with van der Waals surface area (Å²) in [5.41, 5.74) is 2.55. The van der Waals surface area contributed by atoms with Crippen LogP contribution in [0.25, 0.3) is 16.5 Å². The summed E-state index contributed by atoms with van der Waals surface area (Å²) < 4.78 is 1.36. The fourth-order valence-electron chi connectivity index (χ4n) is 2.52. The number of benzene rings is 2. The molecule has 0 saturated carbocycles. The van der Waals surface area contributed by atoms with Crippen LogP contribution < -0.4 is 10.7 Å². The Labute approximate surface area is 127 Å². The van der Waals surface area contributed by atoms with E-state index in [1.165, 1.54) is 10.8 Å². The van der Waals surface area contributed by atoms with E-state index in [1.54, 1.807) is 30.3 Å². The van der Waals surface area contributed by atoms with Gasteiger partial charge in [-0.25, -0.2) is 0 Å². The van der Waals surface area contributed by atoms with Crippen LogP contribution in [0.5, 0.6) is 0 Å². The zero-order valence-corrected chi connectivity index (χ0v) is 12.3. The van der Waals surface area contributed by atoms with E-state index in [9.17, 15) is 14.7 Å². The van der Waals surface area contributed by atoms with Gasteiger partial charge in [0.2, 0.25) is 0 Å². The number of carboxylic acids is 1. The minimum absolute atomic E-state index is 0.00780. The maximum Gasteiger partial charge on any atom is 0.262 e. The Balaban J connectivity index is 2.39. The van der Waals surface area contributed by atoms with Crippen molar-refractivity contribution in [1.29, 1.82) is 0 Å². The number of aromatic carboxylic acids is 1. The van der Waals surface area contributed by atoms with Crippen LogP contribution in [0.2, 0.25) is 0 Å². The van der Waals surface area contributed by atoms with Crippen LogP contribution in [0.3, 0.4) is 0 Å². The summed E-state index contributed by atoms with van der Waals surface area (Å²) in [5, 5.41) is 12.2. The molecule has 0 amide bonds. The molecule has 0 saturated heterocycles. The van der Waals surface area contributed by atoms with Crippen LogP contribution in [0.15, 0.2) is 53.5 Å². The highest BCUT2D eigenvalue weighted by Gasteiger charge is 2.10. The van der Waals surface area contributed by atoms with E-state index in [-0.39, 0.29) is 11.1 Å². The van der Waals surface area contributed by atoms with Crippen molar-refractivity contribution in [3.05, 3.63) is 75.7 Å². The molecule has 0 aliphatic heterocycles. The molecule has 3 aromatic rings. The molecule has 0 atom stereocenters. The van der Waals surface area contributed by atoms with Crippen LogP contribution >= 0.6 is 0 Å². The average molecular weight is 292 g/mol. The minimum Gasteiger partial charge on any atom is -0.545 e. The molecular formula is C18H14NO3-. The van der Waals surface area contributed by atoms with Crippen molar-refractivity contribution in [2.24, 2.45) is 0 Å². The van der Waals surface area contributed by atoms with Gasteiger partial charge < -0.3 is 9.90 Å². The fraction of sp³-hybridized carbons (Fsp3) is 0.111. The number of hydrogen-bond acceptors (Lipinski definition) is 3. The number of fused-ring (bicyclic) bond motifs is 1. The zero-order chi connectivity index (χ0) is 15.9. The number of nitrogens with zero attached hydrogens (tertiary/aromatic N) is 1. The van der Waals surface area contributed by atoms with Crippen molar-refractivity contribution in [1.82, 2.24) is 4.57 Å². The number of rotatable bonds is 2. The molecule has 4 heteroatoms. The summed E-state index contributed by atoms with van der Waals surface area (Å²) in [6.45, 7) is 3.93. The first-order chi connectivity index (χ1) is 10.5. The Bertz CT molecular complexity index is 954. The molecule has 22 heavy (non-hydrogen) atoms. The maximum absolute atomic E-state index is 12.6. The van der Waals surface area contributed by atoms with Gasteiger partial charge in [0.25, 0.3) is 5.56 Å². The van der Waals surface area contributed by atoms with Gasteiger partial charge in [0, 0.05) is 22.8 Å². The van der Waals surface area contributed by atoms with Crippen molar-refractivity contribution >= 4 is 16.7 Å². The van der Waals surface area contributed by atoms with Crippen LogP contribution in [-0.2, 0) is 0 Å². The molecule has 1 heterocycles. The summed E-state index contributed by atoms with van der Waals surface area (Å²) in [5.74, 6) is -1.30. The second-order valence-corrected chi connectivity index (χ2v) is 5.32. The standard InChI is InChI=1S/C18H15NO3/c1-11-7-8-13(9-12(11)2)19-10-16(18(21)22)14-5-3-4-6-15(14)17(19)20/h3-10H,1-2H3,(H,21,22)/p-1. The zero-order valence-electron chi connectivity index (χ0n) is 12.3. The number of hydrogen-bond donors (Lipinski definition) is 0. The Morgan fingerprint density at radius 1 is 1.00 bits per heavy atom. The van der Waals surface area contributed by atoms with Crippen LogP contribution in [0, 0.1) is 13.8 Å². The largest absolute Gasteiger partial charge is 0.545 e.